The van der Waals surface area contributed by atoms with Gasteiger partial charge in [0.15, 0.2) is 18.1 Å². The number of amides is 1. The van der Waals surface area contributed by atoms with Gasteiger partial charge in [0.05, 0.1) is 12.8 Å². The van der Waals surface area contributed by atoms with Crippen LogP contribution in [0.3, 0.4) is 0 Å². The lowest BCUT2D eigenvalue weighted by Gasteiger charge is -2.12. The first-order chi connectivity index (χ1) is 15.5. The van der Waals surface area contributed by atoms with E-state index in [4.69, 9.17) is 14.2 Å². The van der Waals surface area contributed by atoms with Crippen LogP contribution < -0.4 is 19.6 Å². The molecule has 0 fully saturated rings. The normalized spacial score (nSPS) is 10.7. The molecule has 32 heavy (non-hydrogen) atoms. The van der Waals surface area contributed by atoms with E-state index >= 15 is 0 Å². The van der Waals surface area contributed by atoms with Crippen molar-refractivity contribution in [2.75, 3.05) is 13.2 Å². The highest BCUT2D eigenvalue weighted by Crippen LogP contribution is 2.29. The van der Waals surface area contributed by atoms with Gasteiger partial charge in [0, 0.05) is 0 Å². The summed E-state index contributed by atoms with van der Waals surface area (Å²) in [6.45, 7) is 6.73. The van der Waals surface area contributed by atoms with Gasteiger partial charge in [0.1, 0.15) is 12.4 Å². The molecule has 0 spiro atoms. The molecule has 0 radical (unpaired) electrons. The minimum atomic E-state index is -0.340. The van der Waals surface area contributed by atoms with Gasteiger partial charge in [-0.25, -0.2) is 5.43 Å². The lowest BCUT2D eigenvalue weighted by Crippen LogP contribution is -2.24. The Bertz CT molecular complexity index is 1040. The maximum absolute atomic E-state index is 12.0. The summed E-state index contributed by atoms with van der Waals surface area (Å²) in [5, 5.41) is 4.01. The van der Waals surface area contributed by atoms with Crippen molar-refractivity contribution in [2.24, 2.45) is 5.10 Å². The molecular formula is C26H28N2O4. The average molecular weight is 433 g/mol. The molecule has 0 bridgehead atoms. The Morgan fingerprint density at radius 1 is 0.906 bits per heavy atom. The number of carbonyl (C=O) groups excluding carboxylic acids is 1. The summed E-state index contributed by atoms with van der Waals surface area (Å²) in [6, 6.07) is 21.3. The number of hydrazone groups is 1. The highest BCUT2D eigenvalue weighted by atomic mass is 16.5. The molecule has 3 aromatic carbocycles. The van der Waals surface area contributed by atoms with Crippen LogP contribution in [0.1, 0.15) is 29.2 Å². The molecule has 0 unspecified atom stereocenters. The van der Waals surface area contributed by atoms with Gasteiger partial charge < -0.3 is 14.2 Å². The number of nitrogens with zero attached hydrogens (tertiary/aromatic N) is 1. The summed E-state index contributed by atoms with van der Waals surface area (Å²) in [4.78, 5) is 12.0. The number of hydrogen-bond donors (Lipinski definition) is 1. The van der Waals surface area contributed by atoms with Crippen LogP contribution in [0, 0.1) is 13.8 Å². The maximum atomic E-state index is 12.0. The Morgan fingerprint density at radius 3 is 2.38 bits per heavy atom. The molecule has 0 saturated carbocycles. The molecule has 0 aromatic heterocycles. The van der Waals surface area contributed by atoms with Crippen LogP contribution in [0.5, 0.6) is 17.2 Å². The largest absolute Gasteiger partial charge is 0.490 e. The fourth-order valence-electron chi connectivity index (χ4n) is 3.10. The van der Waals surface area contributed by atoms with Crippen molar-refractivity contribution in [3.05, 3.63) is 89.0 Å². The van der Waals surface area contributed by atoms with Crippen molar-refractivity contribution in [3.63, 3.8) is 0 Å². The van der Waals surface area contributed by atoms with Crippen LogP contribution in [0.15, 0.2) is 71.8 Å². The van der Waals surface area contributed by atoms with E-state index in [1.54, 1.807) is 6.21 Å². The number of aryl methyl sites for hydroxylation is 2. The Morgan fingerprint density at radius 2 is 1.66 bits per heavy atom. The van der Waals surface area contributed by atoms with Crippen LogP contribution in [-0.2, 0) is 11.4 Å². The number of benzene rings is 3. The van der Waals surface area contributed by atoms with E-state index in [1.165, 1.54) is 0 Å². The van der Waals surface area contributed by atoms with Crippen LogP contribution in [-0.4, -0.2) is 25.3 Å². The second kappa shape index (κ2) is 11.6. The molecule has 166 valence electrons. The summed E-state index contributed by atoms with van der Waals surface area (Å²) in [5.41, 5.74) is 6.49. The molecule has 0 aliphatic heterocycles. The topological polar surface area (TPSA) is 69.2 Å². The first kappa shape index (κ1) is 22.9. The highest BCUT2D eigenvalue weighted by Gasteiger charge is 2.07. The zero-order chi connectivity index (χ0) is 22.8. The Labute approximate surface area is 188 Å². The summed E-state index contributed by atoms with van der Waals surface area (Å²) >= 11 is 0. The predicted octanol–water partition coefficient (Wildman–Crippen LogP) is 4.81. The summed E-state index contributed by atoms with van der Waals surface area (Å²) in [6.07, 6.45) is 1.55. The van der Waals surface area contributed by atoms with E-state index in [1.807, 2.05) is 87.5 Å². The number of rotatable bonds is 10. The monoisotopic (exact) mass is 432 g/mol. The van der Waals surface area contributed by atoms with Crippen molar-refractivity contribution in [3.8, 4) is 17.2 Å². The average Bonchev–Trinajstić information content (AvgIpc) is 2.77. The Hall–Kier alpha value is -3.80. The molecule has 0 saturated heterocycles. The van der Waals surface area contributed by atoms with Gasteiger partial charge in [-0.3, -0.25) is 4.79 Å². The van der Waals surface area contributed by atoms with Crippen LogP contribution in [0.25, 0.3) is 0 Å². The molecule has 0 aliphatic rings. The third kappa shape index (κ3) is 7.16. The molecular weight excluding hydrogens is 404 g/mol. The van der Waals surface area contributed by atoms with Gasteiger partial charge >= 0.3 is 0 Å². The van der Waals surface area contributed by atoms with Crippen molar-refractivity contribution < 1.29 is 19.0 Å². The molecule has 3 rings (SSSR count). The van der Waals surface area contributed by atoms with Crippen LogP contribution in [0.2, 0.25) is 0 Å². The van der Waals surface area contributed by atoms with Crippen molar-refractivity contribution in [1.82, 2.24) is 5.43 Å². The number of ether oxygens (including phenoxy) is 3. The summed E-state index contributed by atoms with van der Waals surface area (Å²) in [5.74, 6) is 1.60. The van der Waals surface area contributed by atoms with Gasteiger partial charge in [-0.1, -0.05) is 36.4 Å². The van der Waals surface area contributed by atoms with Crippen molar-refractivity contribution in [2.45, 2.75) is 27.4 Å². The lowest BCUT2D eigenvalue weighted by atomic mass is 10.1. The summed E-state index contributed by atoms with van der Waals surface area (Å²) < 4.78 is 17.2. The number of carbonyl (C=O) groups is 1. The van der Waals surface area contributed by atoms with E-state index in [0.29, 0.717) is 30.5 Å². The smallest absolute Gasteiger partial charge is 0.277 e. The van der Waals surface area contributed by atoms with Gasteiger partial charge in [-0.2, -0.15) is 5.10 Å². The second-order valence-electron chi connectivity index (χ2n) is 7.32. The van der Waals surface area contributed by atoms with E-state index in [2.05, 4.69) is 10.5 Å². The Balaban J connectivity index is 1.54. The van der Waals surface area contributed by atoms with E-state index in [9.17, 15) is 4.79 Å². The third-order valence-electron chi connectivity index (χ3n) is 4.47. The Kier molecular flexibility index (Phi) is 8.26. The lowest BCUT2D eigenvalue weighted by molar-refractivity contribution is -0.123. The van der Waals surface area contributed by atoms with Crippen molar-refractivity contribution in [1.29, 1.82) is 0 Å². The summed E-state index contributed by atoms with van der Waals surface area (Å²) in [7, 11) is 0. The van der Waals surface area contributed by atoms with Crippen molar-refractivity contribution >= 4 is 12.1 Å². The molecule has 6 nitrogen and oxygen atoms in total. The van der Waals surface area contributed by atoms with Gasteiger partial charge in [0.25, 0.3) is 5.91 Å². The molecule has 3 aromatic rings. The van der Waals surface area contributed by atoms with Gasteiger partial charge in [-0.05, 0) is 73.4 Å². The standard InChI is InChI=1S/C26H28N2O4/c1-4-30-25-15-22(10-11-24(25)32-17-21-8-6-5-7-9-21)16-27-28-26(29)18-31-23-13-19(2)12-20(3)14-23/h5-16H,4,17-18H2,1-3H3,(H,28,29)/b27-16-. The second-order valence-corrected chi connectivity index (χ2v) is 7.32. The van der Waals surface area contributed by atoms with Gasteiger partial charge in [0.2, 0.25) is 0 Å². The molecule has 0 aliphatic carbocycles. The molecule has 6 heteroatoms. The van der Waals surface area contributed by atoms with E-state index in [-0.39, 0.29) is 12.5 Å². The minimum Gasteiger partial charge on any atom is -0.490 e. The SMILES string of the molecule is CCOc1cc(/C=N\NC(=O)COc2cc(C)cc(C)c2)ccc1OCc1ccccc1. The predicted molar refractivity (Wildman–Crippen MR) is 126 cm³/mol. The number of nitrogens with one attached hydrogen (secondary N) is 1. The molecule has 1 N–H and O–H groups in total. The fourth-order valence-corrected chi connectivity index (χ4v) is 3.10. The quantitative estimate of drug-likeness (QED) is 0.369. The molecule has 0 heterocycles. The maximum Gasteiger partial charge on any atom is 0.277 e. The molecule has 1 amide bonds. The van der Waals surface area contributed by atoms with E-state index in [0.717, 1.165) is 22.3 Å². The zero-order valence-corrected chi connectivity index (χ0v) is 18.6. The van der Waals surface area contributed by atoms with Gasteiger partial charge in [-0.15, -0.1) is 0 Å². The van der Waals surface area contributed by atoms with E-state index < -0.39 is 0 Å². The van der Waals surface area contributed by atoms with Crippen LogP contribution in [0.4, 0.5) is 0 Å². The first-order valence-corrected chi connectivity index (χ1v) is 10.5. The minimum absolute atomic E-state index is 0.114. The third-order valence-corrected chi connectivity index (χ3v) is 4.47. The van der Waals surface area contributed by atoms with Crippen LogP contribution >= 0.6 is 0 Å². The number of hydrogen-bond acceptors (Lipinski definition) is 5. The fraction of sp³-hybridized carbons (Fsp3) is 0.231. The zero-order valence-electron chi connectivity index (χ0n) is 18.6. The molecule has 0 atom stereocenters. The first-order valence-electron chi connectivity index (χ1n) is 10.5. The highest BCUT2D eigenvalue weighted by molar-refractivity contribution is 5.83.